The van der Waals surface area contributed by atoms with E-state index >= 15 is 0 Å². The van der Waals surface area contributed by atoms with E-state index in [-0.39, 0.29) is 0 Å². The molecular formula is C18H23N5OS. The van der Waals surface area contributed by atoms with Crippen LogP contribution in [-0.2, 0) is 4.74 Å². The number of fused-ring (bicyclic) bond motifs is 1. The standard InChI is InChI=1S/C18H23N5OS/c1-22(2)15-5-3-4-14(10-15)16-12-20-18-23(16)21-17(25-18)19-11-13-6-8-24-9-7-13/h3-5,10,12-13H,6-9,11H2,1-2H3,(H,19,21). The molecule has 0 saturated carbocycles. The van der Waals surface area contributed by atoms with Gasteiger partial charge in [0.2, 0.25) is 10.1 Å². The van der Waals surface area contributed by atoms with Gasteiger partial charge in [-0.3, -0.25) is 0 Å². The predicted molar refractivity (Wildman–Crippen MR) is 103 cm³/mol. The molecule has 6 nitrogen and oxygen atoms in total. The molecule has 2 aromatic heterocycles. The average molecular weight is 357 g/mol. The van der Waals surface area contributed by atoms with Gasteiger partial charge in [-0.2, -0.15) is 0 Å². The number of anilines is 2. The van der Waals surface area contributed by atoms with Crippen LogP contribution in [-0.4, -0.2) is 48.5 Å². The lowest BCUT2D eigenvalue weighted by Gasteiger charge is -2.21. The maximum absolute atomic E-state index is 5.42. The molecule has 1 fully saturated rings. The molecule has 0 unspecified atom stereocenters. The number of hydrogen-bond acceptors (Lipinski definition) is 6. The summed E-state index contributed by atoms with van der Waals surface area (Å²) in [6.07, 6.45) is 4.14. The first kappa shape index (κ1) is 16.4. The normalized spacial score (nSPS) is 15.6. The summed E-state index contributed by atoms with van der Waals surface area (Å²) in [7, 11) is 4.10. The van der Waals surface area contributed by atoms with Crippen LogP contribution in [0.25, 0.3) is 16.2 Å². The summed E-state index contributed by atoms with van der Waals surface area (Å²) in [6.45, 7) is 2.70. The molecule has 1 aliphatic heterocycles. The maximum Gasteiger partial charge on any atom is 0.214 e. The van der Waals surface area contributed by atoms with Crippen molar-refractivity contribution >= 4 is 27.1 Å². The highest BCUT2D eigenvalue weighted by atomic mass is 32.1. The minimum absolute atomic E-state index is 0.668. The Morgan fingerprint density at radius 3 is 2.96 bits per heavy atom. The number of rotatable bonds is 5. The fourth-order valence-electron chi connectivity index (χ4n) is 3.09. The first-order valence-electron chi connectivity index (χ1n) is 8.64. The summed E-state index contributed by atoms with van der Waals surface area (Å²) in [5, 5.41) is 9.14. The summed E-state index contributed by atoms with van der Waals surface area (Å²) < 4.78 is 7.36. The minimum Gasteiger partial charge on any atom is -0.381 e. The number of ether oxygens (including phenoxy) is 1. The van der Waals surface area contributed by atoms with Crippen molar-refractivity contribution in [3.05, 3.63) is 30.5 Å². The monoisotopic (exact) mass is 357 g/mol. The molecule has 1 saturated heterocycles. The van der Waals surface area contributed by atoms with Gasteiger partial charge >= 0.3 is 0 Å². The van der Waals surface area contributed by atoms with Crippen LogP contribution in [0.5, 0.6) is 0 Å². The SMILES string of the molecule is CN(C)c1cccc(-c2cnc3sc(NCC4CCOCC4)nn23)c1. The zero-order valence-corrected chi connectivity index (χ0v) is 15.4. The molecule has 0 spiro atoms. The Kier molecular flexibility index (Phi) is 4.59. The van der Waals surface area contributed by atoms with Gasteiger partial charge in [0.05, 0.1) is 11.9 Å². The highest BCUT2D eigenvalue weighted by Gasteiger charge is 2.16. The predicted octanol–water partition coefficient (Wildman–Crippen LogP) is 3.36. The molecule has 0 bridgehead atoms. The number of imidazole rings is 1. The maximum atomic E-state index is 5.42. The smallest absolute Gasteiger partial charge is 0.214 e. The zero-order chi connectivity index (χ0) is 17.2. The van der Waals surface area contributed by atoms with Gasteiger partial charge in [-0.25, -0.2) is 9.50 Å². The van der Waals surface area contributed by atoms with Crippen molar-refractivity contribution in [3.63, 3.8) is 0 Å². The molecule has 0 atom stereocenters. The first-order chi connectivity index (χ1) is 12.2. The quantitative estimate of drug-likeness (QED) is 0.759. The van der Waals surface area contributed by atoms with Gasteiger partial charge < -0.3 is 15.0 Å². The first-order valence-corrected chi connectivity index (χ1v) is 9.46. The fraction of sp³-hybridized carbons (Fsp3) is 0.444. The molecule has 3 aromatic rings. The van der Waals surface area contributed by atoms with Gasteiger partial charge in [-0.15, -0.1) is 5.10 Å². The van der Waals surface area contributed by atoms with Crippen molar-refractivity contribution in [1.82, 2.24) is 14.6 Å². The average Bonchev–Trinajstić information content (AvgIpc) is 3.21. The van der Waals surface area contributed by atoms with Crippen LogP contribution in [0, 0.1) is 5.92 Å². The molecule has 1 aromatic carbocycles. The van der Waals surface area contributed by atoms with E-state index in [1.165, 1.54) is 5.69 Å². The van der Waals surface area contributed by atoms with E-state index in [9.17, 15) is 0 Å². The number of aromatic nitrogens is 3. The third kappa shape index (κ3) is 3.48. The van der Waals surface area contributed by atoms with Crippen molar-refractivity contribution in [2.75, 3.05) is 44.1 Å². The van der Waals surface area contributed by atoms with Crippen LogP contribution in [0.2, 0.25) is 0 Å². The molecule has 1 aliphatic rings. The molecule has 1 N–H and O–H groups in total. The van der Waals surface area contributed by atoms with Crippen molar-refractivity contribution in [2.24, 2.45) is 5.92 Å². The van der Waals surface area contributed by atoms with Crippen molar-refractivity contribution in [2.45, 2.75) is 12.8 Å². The minimum atomic E-state index is 0.668. The van der Waals surface area contributed by atoms with E-state index in [4.69, 9.17) is 9.84 Å². The van der Waals surface area contributed by atoms with E-state index in [0.29, 0.717) is 5.92 Å². The molecule has 3 heterocycles. The van der Waals surface area contributed by atoms with Crippen LogP contribution >= 0.6 is 11.3 Å². The van der Waals surface area contributed by atoms with Crippen LogP contribution in [0.3, 0.4) is 0 Å². The van der Waals surface area contributed by atoms with Crippen LogP contribution in [0.4, 0.5) is 10.8 Å². The van der Waals surface area contributed by atoms with Crippen molar-refractivity contribution in [3.8, 4) is 11.3 Å². The zero-order valence-electron chi connectivity index (χ0n) is 14.6. The van der Waals surface area contributed by atoms with Crippen LogP contribution in [0.15, 0.2) is 30.5 Å². The Balaban J connectivity index is 1.55. The van der Waals surface area contributed by atoms with Gasteiger partial charge in [0.1, 0.15) is 0 Å². The number of nitrogens with zero attached hydrogens (tertiary/aromatic N) is 4. The lowest BCUT2D eigenvalue weighted by molar-refractivity contribution is 0.0699. The van der Waals surface area contributed by atoms with Crippen molar-refractivity contribution in [1.29, 1.82) is 0 Å². The lowest BCUT2D eigenvalue weighted by Crippen LogP contribution is -2.22. The lowest BCUT2D eigenvalue weighted by atomic mass is 10.0. The molecule has 25 heavy (non-hydrogen) atoms. The van der Waals surface area contributed by atoms with E-state index in [1.54, 1.807) is 11.3 Å². The highest BCUT2D eigenvalue weighted by Crippen LogP contribution is 2.28. The molecule has 7 heteroatoms. The topological polar surface area (TPSA) is 54.7 Å². The molecule has 4 rings (SSSR count). The molecule has 132 valence electrons. The Hall–Kier alpha value is -2.12. The van der Waals surface area contributed by atoms with E-state index in [2.05, 4.69) is 39.5 Å². The Morgan fingerprint density at radius 2 is 2.16 bits per heavy atom. The number of nitrogens with one attached hydrogen (secondary N) is 1. The van der Waals surface area contributed by atoms with Gasteiger partial charge in [-0.1, -0.05) is 23.5 Å². The Labute approximate surface area is 151 Å². The summed E-state index contributed by atoms with van der Waals surface area (Å²) in [4.78, 5) is 7.55. The summed E-state index contributed by atoms with van der Waals surface area (Å²) >= 11 is 1.60. The van der Waals surface area contributed by atoms with Gasteiger partial charge in [0.15, 0.2) is 0 Å². The van der Waals surface area contributed by atoms with Gasteiger partial charge in [0, 0.05) is 45.1 Å². The second kappa shape index (κ2) is 7.01. The molecule has 0 aliphatic carbocycles. The molecule has 0 radical (unpaired) electrons. The third-order valence-electron chi connectivity index (χ3n) is 4.63. The Bertz CT molecular complexity index is 850. The Morgan fingerprint density at radius 1 is 1.32 bits per heavy atom. The summed E-state index contributed by atoms with van der Waals surface area (Å²) in [6, 6.07) is 8.44. The van der Waals surface area contributed by atoms with Crippen LogP contribution < -0.4 is 10.2 Å². The number of benzene rings is 1. The molecule has 0 amide bonds. The van der Waals surface area contributed by atoms with Gasteiger partial charge in [-0.05, 0) is 30.9 Å². The summed E-state index contributed by atoms with van der Waals surface area (Å²) in [5.74, 6) is 0.668. The fourth-order valence-corrected chi connectivity index (χ4v) is 3.87. The molecular weight excluding hydrogens is 334 g/mol. The highest BCUT2D eigenvalue weighted by molar-refractivity contribution is 7.20. The largest absolute Gasteiger partial charge is 0.381 e. The van der Waals surface area contributed by atoms with Crippen molar-refractivity contribution < 1.29 is 4.74 Å². The van der Waals surface area contributed by atoms with Gasteiger partial charge in [0.25, 0.3) is 0 Å². The van der Waals surface area contributed by atoms with E-state index in [0.717, 1.165) is 53.9 Å². The second-order valence-electron chi connectivity index (χ2n) is 6.63. The number of hydrogen-bond donors (Lipinski definition) is 1. The van der Waals surface area contributed by atoms with E-state index in [1.807, 2.05) is 24.8 Å². The third-order valence-corrected chi connectivity index (χ3v) is 5.51. The summed E-state index contributed by atoms with van der Waals surface area (Å²) in [5.41, 5.74) is 3.31. The van der Waals surface area contributed by atoms with Crippen LogP contribution in [0.1, 0.15) is 12.8 Å². The second-order valence-corrected chi connectivity index (χ2v) is 7.58. The van der Waals surface area contributed by atoms with E-state index < -0.39 is 0 Å².